The van der Waals surface area contributed by atoms with Crippen molar-refractivity contribution in [3.05, 3.63) is 10.1 Å². The molecule has 0 rings (SSSR count). The zero-order chi connectivity index (χ0) is 14.0. The first-order valence-corrected chi connectivity index (χ1v) is 5.34. The van der Waals surface area contributed by atoms with Gasteiger partial charge in [0, 0.05) is 6.42 Å². The molecule has 0 aliphatic heterocycles. The number of esters is 1. The van der Waals surface area contributed by atoms with E-state index in [1.807, 2.05) is 0 Å². The Bertz CT molecular complexity index is 295. The molecule has 0 spiro atoms. The lowest BCUT2D eigenvalue weighted by Crippen LogP contribution is -2.35. The van der Waals surface area contributed by atoms with Gasteiger partial charge in [-0.2, -0.15) is 0 Å². The van der Waals surface area contributed by atoms with Gasteiger partial charge >= 0.3 is 11.9 Å². The van der Waals surface area contributed by atoms with E-state index >= 15 is 0 Å². The minimum atomic E-state index is -1.24. The summed E-state index contributed by atoms with van der Waals surface area (Å²) < 4.78 is 4.63. The lowest BCUT2D eigenvalue weighted by Gasteiger charge is -2.07. The molecule has 1 unspecified atom stereocenters. The summed E-state index contributed by atoms with van der Waals surface area (Å²) in [6, 6.07) is -1.22. The van der Waals surface area contributed by atoms with Crippen LogP contribution in [0.5, 0.6) is 0 Å². The molecular formula is C9H16N2O7. The van der Waals surface area contributed by atoms with Crippen molar-refractivity contribution >= 4 is 11.9 Å². The average Bonchev–Trinajstić information content (AvgIpc) is 2.29. The normalized spacial score (nSPS) is 11.6. The highest BCUT2D eigenvalue weighted by Crippen LogP contribution is 2.02. The Kier molecular flexibility index (Phi) is 8.20. The van der Waals surface area contributed by atoms with Crippen LogP contribution < -0.4 is 5.73 Å². The second kappa shape index (κ2) is 9.16. The first-order chi connectivity index (χ1) is 8.43. The van der Waals surface area contributed by atoms with E-state index in [9.17, 15) is 19.7 Å². The van der Waals surface area contributed by atoms with E-state index in [4.69, 9.17) is 10.8 Å². The topological polar surface area (TPSA) is 142 Å². The van der Waals surface area contributed by atoms with Gasteiger partial charge in [0.1, 0.15) is 12.6 Å². The van der Waals surface area contributed by atoms with Crippen molar-refractivity contribution in [1.82, 2.24) is 0 Å². The molecule has 9 heteroatoms. The smallest absolute Gasteiger partial charge is 0.324 e. The third-order valence-corrected chi connectivity index (χ3v) is 1.96. The third kappa shape index (κ3) is 9.33. The Labute approximate surface area is 103 Å². The molecule has 0 amide bonds. The third-order valence-electron chi connectivity index (χ3n) is 1.96. The summed E-state index contributed by atoms with van der Waals surface area (Å²) >= 11 is 0. The van der Waals surface area contributed by atoms with Crippen LogP contribution in [-0.4, -0.2) is 41.4 Å². The van der Waals surface area contributed by atoms with Gasteiger partial charge in [0.15, 0.2) is 0 Å². The maximum absolute atomic E-state index is 11.1. The minimum Gasteiger partial charge on any atom is -0.480 e. The zero-order valence-corrected chi connectivity index (χ0v) is 9.74. The predicted molar refractivity (Wildman–Crippen MR) is 58.0 cm³/mol. The molecule has 0 aromatic heterocycles. The molecule has 0 aliphatic rings. The average molecular weight is 264 g/mol. The summed E-state index contributed by atoms with van der Waals surface area (Å²) in [5.74, 6) is -1.78. The van der Waals surface area contributed by atoms with Crippen molar-refractivity contribution in [2.45, 2.75) is 31.7 Å². The number of unbranched alkanes of at least 4 members (excludes halogenated alkanes) is 2. The van der Waals surface area contributed by atoms with Crippen LogP contribution in [0.25, 0.3) is 0 Å². The van der Waals surface area contributed by atoms with E-state index in [2.05, 4.69) is 9.57 Å². The van der Waals surface area contributed by atoms with Gasteiger partial charge in [-0.15, -0.1) is 10.1 Å². The van der Waals surface area contributed by atoms with Crippen LogP contribution in [0.2, 0.25) is 0 Å². The summed E-state index contributed by atoms with van der Waals surface area (Å²) in [6.07, 6.45) is 1.64. The minimum absolute atomic E-state index is 0.00800. The van der Waals surface area contributed by atoms with Crippen molar-refractivity contribution in [3.8, 4) is 0 Å². The number of aliphatic carboxylic acids is 1. The molecule has 9 nitrogen and oxygen atoms in total. The van der Waals surface area contributed by atoms with E-state index < -0.39 is 23.1 Å². The van der Waals surface area contributed by atoms with Gasteiger partial charge in [-0.3, -0.25) is 9.59 Å². The second-order valence-electron chi connectivity index (χ2n) is 3.50. The summed E-state index contributed by atoms with van der Waals surface area (Å²) in [4.78, 5) is 35.3. The molecule has 18 heavy (non-hydrogen) atoms. The van der Waals surface area contributed by atoms with Gasteiger partial charge in [-0.05, 0) is 12.8 Å². The number of rotatable bonds is 10. The molecule has 0 fully saturated rings. The van der Waals surface area contributed by atoms with E-state index in [0.717, 1.165) is 0 Å². The van der Waals surface area contributed by atoms with Crippen LogP contribution in [0.3, 0.4) is 0 Å². The van der Waals surface area contributed by atoms with Crippen LogP contribution >= 0.6 is 0 Å². The SMILES string of the molecule is NC(COC(=O)CCCCCO[N+](=O)[O-])C(=O)O. The number of hydrogen-bond donors (Lipinski definition) is 2. The Balaban J connectivity index is 3.43. The first kappa shape index (κ1) is 16.1. The largest absolute Gasteiger partial charge is 0.480 e. The highest BCUT2D eigenvalue weighted by atomic mass is 16.9. The van der Waals surface area contributed by atoms with Crippen molar-refractivity contribution in [1.29, 1.82) is 0 Å². The summed E-state index contributed by atoms with van der Waals surface area (Å²) in [5.41, 5.74) is 5.13. The highest BCUT2D eigenvalue weighted by molar-refractivity contribution is 5.74. The summed E-state index contributed by atoms with van der Waals surface area (Å²) in [6.45, 7) is -0.370. The molecular weight excluding hydrogens is 248 g/mol. The number of carbonyl (C=O) groups is 2. The quantitative estimate of drug-likeness (QED) is 0.237. The maximum Gasteiger partial charge on any atom is 0.324 e. The van der Waals surface area contributed by atoms with Gasteiger partial charge in [0.2, 0.25) is 0 Å². The molecule has 0 saturated carbocycles. The standard InChI is InChI=1S/C9H16N2O7/c10-7(9(13)14)6-17-8(12)4-2-1-3-5-18-11(15)16/h7H,1-6,10H2,(H,13,14). The number of carboxylic acid groups (broad SMARTS) is 1. The van der Waals surface area contributed by atoms with Crippen LogP contribution in [0.4, 0.5) is 0 Å². The number of nitrogens with zero attached hydrogens (tertiary/aromatic N) is 1. The van der Waals surface area contributed by atoms with Gasteiger partial charge < -0.3 is 20.4 Å². The van der Waals surface area contributed by atoms with Crippen molar-refractivity contribution in [3.63, 3.8) is 0 Å². The highest BCUT2D eigenvalue weighted by Gasteiger charge is 2.13. The van der Waals surface area contributed by atoms with Gasteiger partial charge in [-0.25, -0.2) is 0 Å². The lowest BCUT2D eigenvalue weighted by atomic mass is 10.2. The van der Waals surface area contributed by atoms with Gasteiger partial charge in [0.25, 0.3) is 5.09 Å². The Hall–Kier alpha value is -1.90. The Morgan fingerprint density at radius 1 is 1.33 bits per heavy atom. The molecule has 0 aromatic carbocycles. The molecule has 104 valence electrons. The number of hydrogen-bond acceptors (Lipinski definition) is 7. The van der Waals surface area contributed by atoms with Crippen molar-refractivity contribution in [2.24, 2.45) is 5.73 Å². The fourth-order valence-corrected chi connectivity index (χ4v) is 1.01. The summed E-state index contributed by atoms with van der Waals surface area (Å²) in [5, 5.41) is 17.3. The fourth-order valence-electron chi connectivity index (χ4n) is 1.01. The van der Waals surface area contributed by atoms with Crippen LogP contribution in [0.15, 0.2) is 0 Å². The second-order valence-corrected chi connectivity index (χ2v) is 3.50. The van der Waals surface area contributed by atoms with E-state index in [-0.39, 0.29) is 19.6 Å². The molecule has 0 radical (unpaired) electrons. The van der Waals surface area contributed by atoms with Gasteiger partial charge in [0.05, 0.1) is 6.61 Å². The lowest BCUT2D eigenvalue weighted by molar-refractivity contribution is -0.757. The number of nitrogens with two attached hydrogens (primary N) is 1. The molecule has 0 heterocycles. The number of ether oxygens (including phenoxy) is 1. The van der Waals surface area contributed by atoms with Crippen molar-refractivity contribution in [2.75, 3.05) is 13.2 Å². The molecule has 3 N–H and O–H groups in total. The molecule has 0 aliphatic carbocycles. The maximum atomic E-state index is 11.1. The fraction of sp³-hybridized carbons (Fsp3) is 0.778. The van der Waals surface area contributed by atoms with Crippen LogP contribution in [-0.2, 0) is 19.2 Å². The van der Waals surface area contributed by atoms with E-state index in [1.54, 1.807) is 0 Å². The molecule has 1 atom stereocenters. The number of carbonyl (C=O) groups excluding carboxylic acids is 1. The molecule has 0 bridgehead atoms. The Morgan fingerprint density at radius 2 is 2.00 bits per heavy atom. The monoisotopic (exact) mass is 264 g/mol. The first-order valence-electron chi connectivity index (χ1n) is 5.34. The van der Waals surface area contributed by atoms with Crippen LogP contribution in [0, 0.1) is 10.1 Å². The van der Waals surface area contributed by atoms with Crippen molar-refractivity contribution < 1.29 is 29.4 Å². The summed E-state index contributed by atoms with van der Waals surface area (Å²) in [7, 11) is 0. The van der Waals surface area contributed by atoms with Gasteiger partial charge in [-0.1, -0.05) is 6.42 Å². The Morgan fingerprint density at radius 3 is 2.56 bits per heavy atom. The zero-order valence-electron chi connectivity index (χ0n) is 9.74. The molecule has 0 saturated heterocycles. The van der Waals surface area contributed by atoms with E-state index in [1.165, 1.54) is 0 Å². The predicted octanol–water partition coefficient (Wildman–Crippen LogP) is -0.290. The van der Waals surface area contributed by atoms with E-state index in [0.29, 0.717) is 19.3 Å². The molecule has 0 aromatic rings. The number of carboxylic acids is 1. The van der Waals surface area contributed by atoms with Crippen LogP contribution in [0.1, 0.15) is 25.7 Å².